The summed E-state index contributed by atoms with van der Waals surface area (Å²) in [5, 5.41) is 185. The summed E-state index contributed by atoms with van der Waals surface area (Å²) in [6, 6.07) is 0. The van der Waals surface area contributed by atoms with Crippen molar-refractivity contribution < 1.29 is 149 Å². The van der Waals surface area contributed by atoms with Gasteiger partial charge in [-0.05, 0) is 111 Å². The number of aliphatic hydroxyl groups is 16. The molecule has 0 aromatic carbocycles. The largest absolute Gasteiger partial charge is 0.481 e. The van der Waals surface area contributed by atoms with Crippen LogP contribution in [-0.2, 0) is 61.8 Å². The van der Waals surface area contributed by atoms with Gasteiger partial charge in [-0.3, -0.25) is 19.2 Å². The van der Waals surface area contributed by atoms with Crippen LogP contribution in [0.2, 0.25) is 0 Å². The van der Waals surface area contributed by atoms with Crippen LogP contribution < -0.4 is 0 Å². The minimum absolute atomic E-state index is 0.0452. The zero-order valence-electron chi connectivity index (χ0n) is 51.5. The zero-order chi connectivity index (χ0) is 66.5. The SMILES string of the molecule is CC1(C)CCC2(C(=O)OC3OC(COC4OC(COC(=O)CC(C)(O)CC(=O)O)C(O)C(O)C4OC4OC(CO)C(O)C(O)C4O)C(O)C(O)C3O)C(O)CC3(C)C(=CCC4C5(C)CCC(O)C(C)(C(=O)OC6OC(CO)C(O)C(O)C6O)C5CCC43C)C2C1. The van der Waals surface area contributed by atoms with E-state index >= 15 is 4.79 Å². The van der Waals surface area contributed by atoms with Crippen LogP contribution in [0.15, 0.2) is 11.6 Å². The third kappa shape index (κ3) is 12.3. The molecule has 0 radical (unpaired) electrons. The topological polar surface area (TPSA) is 495 Å². The summed E-state index contributed by atoms with van der Waals surface area (Å²) in [4.78, 5) is 54.0. The van der Waals surface area contributed by atoms with Crippen molar-refractivity contribution in [2.45, 2.75) is 260 Å². The Morgan fingerprint density at radius 2 is 1.09 bits per heavy atom. The van der Waals surface area contributed by atoms with Gasteiger partial charge in [0.1, 0.15) is 110 Å². The van der Waals surface area contributed by atoms with Crippen LogP contribution in [0, 0.1) is 50.2 Å². The van der Waals surface area contributed by atoms with Crippen LogP contribution in [0.25, 0.3) is 0 Å². The van der Waals surface area contributed by atoms with Gasteiger partial charge in [-0.25, -0.2) is 0 Å². The minimum atomic E-state index is -2.13. The number of hydrogen-bond donors (Lipinski definition) is 17. The summed E-state index contributed by atoms with van der Waals surface area (Å²) in [5.41, 5.74) is -6.89. The average molecular weight is 1300 g/mol. The van der Waals surface area contributed by atoms with E-state index in [0.717, 1.165) is 12.5 Å². The van der Waals surface area contributed by atoms with Gasteiger partial charge in [0.15, 0.2) is 12.6 Å². The van der Waals surface area contributed by atoms with E-state index in [9.17, 15) is 96.1 Å². The third-order valence-corrected chi connectivity index (χ3v) is 22.8. The highest BCUT2D eigenvalue weighted by atomic mass is 16.8. The Bertz CT molecular complexity index is 2620. The Labute approximate surface area is 519 Å². The molecule has 9 rings (SSSR count). The van der Waals surface area contributed by atoms with Gasteiger partial charge < -0.3 is 129 Å². The average Bonchev–Trinajstić information content (AvgIpc) is 0.672. The van der Waals surface area contributed by atoms with Crippen molar-refractivity contribution in [3.63, 3.8) is 0 Å². The second-order valence-electron chi connectivity index (χ2n) is 28.9. The summed E-state index contributed by atoms with van der Waals surface area (Å²) in [6.45, 7) is 9.70. The Morgan fingerprint density at radius 3 is 1.68 bits per heavy atom. The van der Waals surface area contributed by atoms with Gasteiger partial charge in [0.2, 0.25) is 12.6 Å². The minimum Gasteiger partial charge on any atom is -0.481 e. The van der Waals surface area contributed by atoms with Crippen molar-refractivity contribution in [2.75, 3.05) is 26.4 Å². The molecule has 31 atom stereocenters. The molecule has 0 spiro atoms. The molecule has 90 heavy (non-hydrogen) atoms. The van der Waals surface area contributed by atoms with Crippen molar-refractivity contribution in [3.05, 3.63) is 11.6 Å². The Balaban J connectivity index is 0.948. The number of ether oxygens (including phenoxy) is 9. The lowest BCUT2D eigenvalue weighted by Crippen LogP contribution is -2.69. The molecular weight excluding hydrogens is 1200 g/mol. The molecule has 30 heteroatoms. The standard InChI is InChI=1S/C60H94O30/c1-54(2)14-15-60(25(16-54)24-8-9-30-56(4)12-11-32(63)59(7,31(56)10-13-57(30,5)58(24,6)17-33(60)64)52(79)89-49-45(77)41(73)37(69)27(21-62)85-49)53(80)90-50-46(78)42(74)38(70)29(86-50)23-83-51-47(88-48-44(76)40(72)36(68)26(20-61)84-48)43(75)39(71)28(87-51)22-82-35(67)19-55(3,81)18-34(65)66/h8,25-33,36-51,61-64,68-78,81H,9-23H2,1-7H3,(H,65,66). The molecule has 0 aromatic heterocycles. The van der Waals surface area contributed by atoms with Crippen LogP contribution in [0.5, 0.6) is 0 Å². The van der Waals surface area contributed by atoms with Crippen LogP contribution in [0.3, 0.4) is 0 Å². The highest BCUT2D eigenvalue weighted by Crippen LogP contribution is 2.76. The molecule has 4 saturated heterocycles. The highest BCUT2D eigenvalue weighted by Gasteiger charge is 2.73. The maximum Gasteiger partial charge on any atom is 0.317 e. The molecule has 31 unspecified atom stereocenters. The first kappa shape index (κ1) is 71.0. The van der Waals surface area contributed by atoms with Crippen molar-refractivity contribution in [1.29, 1.82) is 0 Å². The first-order valence-electron chi connectivity index (χ1n) is 31.1. The molecule has 0 aromatic rings. The summed E-state index contributed by atoms with van der Waals surface area (Å²) in [5.74, 6) is -5.83. The second kappa shape index (κ2) is 26.0. The lowest BCUT2D eigenvalue weighted by molar-refractivity contribution is -0.372. The van der Waals surface area contributed by atoms with Gasteiger partial charge in [-0.15, -0.1) is 0 Å². The number of allylic oxidation sites excluding steroid dienone is 2. The Hall–Kier alpha value is -3.26. The lowest BCUT2D eigenvalue weighted by atomic mass is 9.33. The number of rotatable bonds is 17. The fraction of sp³-hybridized carbons (Fsp3) is 0.900. The van der Waals surface area contributed by atoms with Crippen LogP contribution in [0.4, 0.5) is 0 Å². The molecule has 514 valence electrons. The summed E-state index contributed by atoms with van der Waals surface area (Å²) < 4.78 is 51.8. The number of aliphatic hydroxyl groups excluding tert-OH is 15. The number of carbonyl (C=O) groups is 4. The fourth-order valence-electron chi connectivity index (χ4n) is 17.2. The molecule has 8 fully saturated rings. The van der Waals surface area contributed by atoms with E-state index < -0.39 is 243 Å². The monoisotopic (exact) mass is 1290 g/mol. The molecule has 30 nitrogen and oxygen atoms in total. The number of aliphatic carboxylic acids is 1. The summed E-state index contributed by atoms with van der Waals surface area (Å²) >= 11 is 0. The Kier molecular flexibility index (Phi) is 20.6. The van der Waals surface area contributed by atoms with Crippen LogP contribution in [0.1, 0.15) is 119 Å². The molecule has 9 aliphatic rings. The van der Waals surface area contributed by atoms with E-state index in [1.807, 2.05) is 0 Å². The molecule has 4 aliphatic heterocycles. The lowest BCUT2D eigenvalue weighted by Gasteiger charge is -2.71. The first-order chi connectivity index (χ1) is 41.9. The predicted molar refractivity (Wildman–Crippen MR) is 297 cm³/mol. The van der Waals surface area contributed by atoms with Crippen molar-refractivity contribution in [1.82, 2.24) is 0 Å². The second-order valence-corrected chi connectivity index (χ2v) is 28.9. The molecule has 5 aliphatic carbocycles. The number of carbonyl (C=O) groups excluding carboxylic acids is 3. The van der Waals surface area contributed by atoms with Gasteiger partial charge in [0, 0.05) is 0 Å². The first-order valence-corrected chi connectivity index (χ1v) is 31.1. The van der Waals surface area contributed by atoms with E-state index in [1.165, 1.54) is 0 Å². The maximum atomic E-state index is 15.4. The number of carboxylic acid groups (broad SMARTS) is 1. The Morgan fingerprint density at radius 1 is 0.567 bits per heavy atom. The van der Waals surface area contributed by atoms with Crippen LogP contribution >= 0.6 is 0 Å². The van der Waals surface area contributed by atoms with Crippen molar-refractivity contribution in [2.24, 2.45) is 50.2 Å². The van der Waals surface area contributed by atoms with Crippen LogP contribution in [-0.4, -0.2) is 278 Å². The van der Waals surface area contributed by atoms with Gasteiger partial charge in [0.05, 0.1) is 55.9 Å². The number of fused-ring (bicyclic) bond motifs is 7. The maximum absolute atomic E-state index is 15.4. The third-order valence-electron chi connectivity index (χ3n) is 22.8. The van der Waals surface area contributed by atoms with E-state index in [0.29, 0.717) is 38.5 Å². The van der Waals surface area contributed by atoms with E-state index in [4.69, 9.17) is 47.7 Å². The summed E-state index contributed by atoms with van der Waals surface area (Å²) in [7, 11) is 0. The molecule has 0 bridgehead atoms. The fourth-order valence-corrected chi connectivity index (χ4v) is 17.2. The van der Waals surface area contributed by atoms with Gasteiger partial charge in [-0.2, -0.15) is 0 Å². The normalized spacial score (nSPS) is 49.9. The number of carboxylic acids is 1. The highest BCUT2D eigenvalue weighted by molar-refractivity contribution is 5.80. The van der Waals surface area contributed by atoms with Crippen molar-refractivity contribution in [3.8, 4) is 0 Å². The molecule has 4 heterocycles. The van der Waals surface area contributed by atoms with E-state index in [2.05, 4.69) is 40.7 Å². The quantitative estimate of drug-likeness (QED) is 0.0371. The van der Waals surface area contributed by atoms with E-state index in [1.54, 1.807) is 6.92 Å². The number of esters is 3. The predicted octanol–water partition coefficient (Wildman–Crippen LogP) is -4.40. The van der Waals surface area contributed by atoms with Gasteiger partial charge in [-0.1, -0.05) is 46.3 Å². The van der Waals surface area contributed by atoms with E-state index in [-0.39, 0.29) is 30.6 Å². The number of hydrogen-bond acceptors (Lipinski definition) is 29. The van der Waals surface area contributed by atoms with Crippen molar-refractivity contribution >= 4 is 23.9 Å². The molecule has 17 N–H and O–H groups in total. The molecular formula is C60H94O30. The van der Waals surface area contributed by atoms with Gasteiger partial charge in [0.25, 0.3) is 0 Å². The zero-order valence-corrected chi connectivity index (χ0v) is 51.5. The molecule has 4 saturated carbocycles. The van der Waals surface area contributed by atoms with Gasteiger partial charge >= 0.3 is 23.9 Å². The molecule has 0 amide bonds. The summed E-state index contributed by atoms with van der Waals surface area (Å²) in [6.07, 6.45) is -36.9. The smallest absolute Gasteiger partial charge is 0.317 e.